The Morgan fingerprint density at radius 1 is 1.07 bits per heavy atom. The lowest BCUT2D eigenvalue weighted by Gasteiger charge is -2.47. The first-order chi connectivity index (χ1) is 6.92. The van der Waals surface area contributed by atoms with Gasteiger partial charge in [0.2, 0.25) is 0 Å². The Bertz CT molecular complexity index is 211. The topological polar surface area (TPSA) is 26.3 Å². The molecule has 1 aliphatic rings. The molecule has 0 heterocycles. The fraction of sp³-hybridized carbons (Fsp3) is 0.923. The quantitative estimate of drug-likeness (QED) is 0.669. The van der Waals surface area contributed by atoms with Gasteiger partial charge in [-0.05, 0) is 25.7 Å². The van der Waals surface area contributed by atoms with Gasteiger partial charge in [0.25, 0.3) is 6.47 Å². The van der Waals surface area contributed by atoms with Crippen molar-refractivity contribution in [1.29, 1.82) is 0 Å². The summed E-state index contributed by atoms with van der Waals surface area (Å²) in [5.41, 5.74) is -0.301. The molecule has 0 aromatic rings. The van der Waals surface area contributed by atoms with Gasteiger partial charge in [0, 0.05) is 5.41 Å². The Morgan fingerprint density at radius 3 is 2.00 bits per heavy atom. The van der Waals surface area contributed by atoms with E-state index in [9.17, 15) is 4.79 Å². The average Bonchev–Trinajstić information content (AvgIpc) is 2.18. The van der Waals surface area contributed by atoms with Gasteiger partial charge >= 0.3 is 0 Å². The van der Waals surface area contributed by atoms with Gasteiger partial charge in [-0.3, -0.25) is 4.79 Å². The molecule has 0 aliphatic heterocycles. The van der Waals surface area contributed by atoms with Crippen LogP contribution in [0.2, 0.25) is 0 Å². The molecule has 1 saturated carbocycles. The molecule has 0 aromatic carbocycles. The van der Waals surface area contributed by atoms with Crippen molar-refractivity contribution in [3.63, 3.8) is 0 Å². The Labute approximate surface area is 93.4 Å². The van der Waals surface area contributed by atoms with Crippen molar-refractivity contribution in [3.8, 4) is 0 Å². The fourth-order valence-corrected chi connectivity index (χ4v) is 2.64. The van der Waals surface area contributed by atoms with Gasteiger partial charge in [0.1, 0.15) is 5.60 Å². The number of ether oxygens (including phenoxy) is 1. The molecular formula is C13H24O2. The highest BCUT2D eigenvalue weighted by Gasteiger charge is 2.46. The van der Waals surface area contributed by atoms with E-state index < -0.39 is 0 Å². The molecule has 1 atom stereocenters. The third kappa shape index (κ3) is 2.53. The summed E-state index contributed by atoms with van der Waals surface area (Å²) in [6.45, 7) is 9.19. The largest absolute Gasteiger partial charge is 0.461 e. The molecule has 2 heteroatoms. The molecule has 0 amide bonds. The zero-order valence-corrected chi connectivity index (χ0v) is 10.5. The number of carbonyl (C=O) groups excluding carboxylic acids is 1. The minimum absolute atomic E-state index is 0.00984. The number of carbonyl (C=O) groups is 1. The number of hydrogen-bond acceptors (Lipinski definition) is 2. The van der Waals surface area contributed by atoms with Crippen LogP contribution >= 0.6 is 0 Å². The molecule has 1 aliphatic carbocycles. The maximum absolute atomic E-state index is 10.7. The van der Waals surface area contributed by atoms with Crippen LogP contribution in [0, 0.1) is 11.3 Å². The molecule has 0 bridgehead atoms. The number of hydrogen-bond donors (Lipinski definition) is 0. The van der Waals surface area contributed by atoms with Crippen LogP contribution in [-0.2, 0) is 9.53 Å². The van der Waals surface area contributed by atoms with Crippen LogP contribution in [0.3, 0.4) is 0 Å². The van der Waals surface area contributed by atoms with Crippen molar-refractivity contribution in [3.05, 3.63) is 0 Å². The van der Waals surface area contributed by atoms with Gasteiger partial charge < -0.3 is 4.74 Å². The smallest absolute Gasteiger partial charge is 0.293 e. The Morgan fingerprint density at radius 2 is 1.60 bits per heavy atom. The Balaban J connectivity index is 2.83. The molecule has 15 heavy (non-hydrogen) atoms. The molecular weight excluding hydrogens is 188 g/mol. The lowest BCUT2D eigenvalue weighted by atomic mass is 9.65. The number of rotatable bonds is 3. The van der Waals surface area contributed by atoms with E-state index in [1.165, 1.54) is 32.1 Å². The highest BCUT2D eigenvalue weighted by Crippen LogP contribution is 2.45. The van der Waals surface area contributed by atoms with Crippen molar-refractivity contribution in [2.75, 3.05) is 0 Å². The van der Waals surface area contributed by atoms with Crippen LogP contribution < -0.4 is 0 Å². The van der Waals surface area contributed by atoms with E-state index in [2.05, 4.69) is 27.7 Å². The van der Waals surface area contributed by atoms with E-state index in [1.807, 2.05) is 0 Å². The first kappa shape index (κ1) is 12.5. The average molecular weight is 212 g/mol. The Hall–Kier alpha value is -0.530. The van der Waals surface area contributed by atoms with Gasteiger partial charge in [-0.1, -0.05) is 40.0 Å². The van der Waals surface area contributed by atoms with Gasteiger partial charge in [0.15, 0.2) is 0 Å². The third-order valence-corrected chi connectivity index (χ3v) is 4.17. The second-order valence-electron chi connectivity index (χ2n) is 5.91. The fourth-order valence-electron chi connectivity index (χ4n) is 2.64. The molecule has 0 N–H and O–H groups in total. The maximum Gasteiger partial charge on any atom is 0.293 e. The van der Waals surface area contributed by atoms with E-state index in [0.29, 0.717) is 12.4 Å². The highest BCUT2D eigenvalue weighted by atomic mass is 16.5. The van der Waals surface area contributed by atoms with E-state index in [0.717, 1.165) is 0 Å². The summed E-state index contributed by atoms with van der Waals surface area (Å²) in [6.07, 6.45) is 6.28. The lowest BCUT2D eigenvalue weighted by Crippen LogP contribution is -2.49. The summed E-state index contributed by atoms with van der Waals surface area (Å²) >= 11 is 0. The van der Waals surface area contributed by atoms with E-state index in [-0.39, 0.29) is 11.0 Å². The predicted molar refractivity (Wildman–Crippen MR) is 61.6 cm³/mol. The van der Waals surface area contributed by atoms with E-state index in [1.54, 1.807) is 0 Å². The second kappa shape index (κ2) is 4.54. The minimum atomic E-state index is -0.310. The molecule has 1 rings (SSSR count). The first-order valence-corrected chi connectivity index (χ1v) is 6.03. The zero-order valence-electron chi connectivity index (χ0n) is 10.5. The summed E-state index contributed by atoms with van der Waals surface area (Å²) in [6, 6.07) is 0. The van der Waals surface area contributed by atoms with Crippen molar-refractivity contribution >= 4 is 6.47 Å². The summed E-state index contributed by atoms with van der Waals surface area (Å²) < 4.78 is 5.45. The van der Waals surface area contributed by atoms with Crippen LogP contribution in [0.5, 0.6) is 0 Å². The van der Waals surface area contributed by atoms with Gasteiger partial charge in [-0.25, -0.2) is 0 Å². The minimum Gasteiger partial charge on any atom is -0.461 e. The standard InChI is InChI=1S/C13H24O2/c1-12(2,3)13(4,15-10-14)11-8-6-5-7-9-11/h10-11H,5-9H2,1-4H3. The normalized spacial score (nSPS) is 23.2. The van der Waals surface area contributed by atoms with Crippen LogP contribution in [-0.4, -0.2) is 12.1 Å². The Kier molecular flexibility index (Phi) is 3.80. The molecule has 1 unspecified atom stereocenters. The molecule has 88 valence electrons. The van der Waals surface area contributed by atoms with Gasteiger partial charge in [-0.2, -0.15) is 0 Å². The van der Waals surface area contributed by atoms with Crippen molar-refractivity contribution in [2.24, 2.45) is 11.3 Å². The highest BCUT2D eigenvalue weighted by molar-refractivity contribution is 5.38. The van der Waals surface area contributed by atoms with Crippen LogP contribution in [0.25, 0.3) is 0 Å². The summed E-state index contributed by atoms with van der Waals surface area (Å²) in [7, 11) is 0. The van der Waals surface area contributed by atoms with Crippen LogP contribution in [0.4, 0.5) is 0 Å². The van der Waals surface area contributed by atoms with E-state index in [4.69, 9.17) is 4.74 Å². The van der Waals surface area contributed by atoms with Crippen molar-refractivity contribution in [2.45, 2.75) is 65.4 Å². The molecule has 2 nitrogen and oxygen atoms in total. The van der Waals surface area contributed by atoms with Crippen molar-refractivity contribution in [1.82, 2.24) is 0 Å². The lowest BCUT2D eigenvalue weighted by molar-refractivity contribution is -0.167. The van der Waals surface area contributed by atoms with Gasteiger partial charge in [0.05, 0.1) is 0 Å². The zero-order chi connectivity index (χ0) is 11.5. The summed E-state index contributed by atoms with van der Waals surface area (Å²) in [4.78, 5) is 10.7. The van der Waals surface area contributed by atoms with Crippen LogP contribution in [0.1, 0.15) is 59.8 Å². The molecule has 1 fully saturated rings. The second-order valence-corrected chi connectivity index (χ2v) is 5.91. The summed E-state index contributed by atoms with van der Waals surface area (Å²) in [5, 5.41) is 0. The predicted octanol–water partition coefficient (Wildman–Crippen LogP) is 3.54. The third-order valence-electron chi connectivity index (χ3n) is 4.17. The maximum atomic E-state index is 10.7. The summed E-state index contributed by atoms with van der Waals surface area (Å²) in [5.74, 6) is 0.524. The SMILES string of the molecule is CC(C)(C)C(C)(OC=O)C1CCCCC1. The van der Waals surface area contributed by atoms with Gasteiger partial charge in [-0.15, -0.1) is 0 Å². The first-order valence-electron chi connectivity index (χ1n) is 6.03. The van der Waals surface area contributed by atoms with Crippen molar-refractivity contribution < 1.29 is 9.53 Å². The molecule has 0 spiro atoms. The molecule has 0 radical (unpaired) electrons. The monoisotopic (exact) mass is 212 g/mol. The molecule has 0 aromatic heterocycles. The van der Waals surface area contributed by atoms with E-state index >= 15 is 0 Å². The molecule has 0 saturated heterocycles. The van der Waals surface area contributed by atoms with Crippen LogP contribution in [0.15, 0.2) is 0 Å².